The van der Waals surface area contributed by atoms with Crippen molar-refractivity contribution in [3.63, 3.8) is 0 Å². The first-order valence-corrected chi connectivity index (χ1v) is 12.9. The zero-order valence-corrected chi connectivity index (χ0v) is 21.2. The fraction of sp³-hybridized carbons (Fsp3) is 0.346. The maximum absolute atomic E-state index is 14.7. The van der Waals surface area contributed by atoms with Crippen molar-refractivity contribution >= 4 is 28.9 Å². The zero-order chi connectivity index (χ0) is 25.5. The highest BCUT2D eigenvalue weighted by molar-refractivity contribution is 6.39. The number of hydrogen-bond acceptors (Lipinski definition) is 7. The molecule has 37 heavy (non-hydrogen) atoms. The molecule has 11 heteroatoms. The lowest BCUT2D eigenvalue weighted by atomic mass is 10.0. The van der Waals surface area contributed by atoms with Gasteiger partial charge in [0.1, 0.15) is 17.3 Å². The molecule has 1 saturated carbocycles. The average Bonchev–Trinajstić information content (AvgIpc) is 3.52. The van der Waals surface area contributed by atoms with Gasteiger partial charge >= 0.3 is 5.76 Å². The number of rotatable bonds is 7. The first kappa shape index (κ1) is 24.2. The van der Waals surface area contributed by atoms with Crippen LogP contribution in [0.4, 0.5) is 10.1 Å². The van der Waals surface area contributed by atoms with Crippen molar-refractivity contribution in [2.24, 2.45) is 0 Å². The van der Waals surface area contributed by atoms with Gasteiger partial charge in [-0.15, -0.1) is 0 Å². The van der Waals surface area contributed by atoms with E-state index in [1.165, 1.54) is 6.07 Å². The van der Waals surface area contributed by atoms with Crippen LogP contribution in [-0.2, 0) is 11.3 Å². The maximum Gasteiger partial charge on any atom is 0.439 e. The molecule has 8 nitrogen and oxygen atoms in total. The van der Waals surface area contributed by atoms with E-state index in [1.807, 2.05) is 6.07 Å². The normalized spacial score (nSPS) is 16.5. The first-order valence-electron chi connectivity index (χ1n) is 12.1. The molecule has 4 aromatic rings. The van der Waals surface area contributed by atoms with E-state index in [4.69, 9.17) is 32.5 Å². The number of aromatic nitrogens is 3. The summed E-state index contributed by atoms with van der Waals surface area (Å²) < 4.78 is 31.3. The van der Waals surface area contributed by atoms with E-state index in [-0.39, 0.29) is 17.5 Å². The summed E-state index contributed by atoms with van der Waals surface area (Å²) in [6.45, 7) is 1.79. The molecule has 3 heterocycles. The van der Waals surface area contributed by atoms with Crippen molar-refractivity contribution in [3.05, 3.63) is 74.1 Å². The molecule has 2 fully saturated rings. The number of H-pyrrole nitrogens is 1. The van der Waals surface area contributed by atoms with Crippen LogP contribution in [-0.4, -0.2) is 34.5 Å². The summed E-state index contributed by atoms with van der Waals surface area (Å²) in [5.41, 5.74) is 3.15. The third-order valence-electron chi connectivity index (χ3n) is 6.88. The monoisotopic (exact) mass is 544 g/mol. The zero-order valence-electron chi connectivity index (χ0n) is 19.7. The van der Waals surface area contributed by atoms with Gasteiger partial charge in [0.15, 0.2) is 5.82 Å². The van der Waals surface area contributed by atoms with Gasteiger partial charge in [0.2, 0.25) is 0 Å². The largest absolute Gasteiger partial charge is 0.439 e. The number of nitrogens with zero attached hydrogens (tertiary/aromatic N) is 3. The van der Waals surface area contributed by atoms with E-state index in [2.05, 4.69) is 24.7 Å². The SMILES string of the molecule is O=c1[nH]c(-c2ccc(N3CCC(OCc4c(-c5c(Cl)cccc5Cl)noc4C4CC4)CC3)cc2F)no1. The van der Waals surface area contributed by atoms with Crippen molar-refractivity contribution in [2.45, 2.75) is 44.3 Å². The summed E-state index contributed by atoms with van der Waals surface area (Å²) in [6, 6.07) is 10.2. The molecule has 6 rings (SSSR count). The number of aromatic amines is 1. The minimum Gasteiger partial charge on any atom is -0.373 e. The Hall–Kier alpha value is -3.14. The van der Waals surface area contributed by atoms with E-state index >= 15 is 0 Å². The molecule has 0 unspecified atom stereocenters. The Kier molecular flexibility index (Phi) is 6.52. The van der Waals surface area contributed by atoms with Gasteiger partial charge in [-0.3, -0.25) is 9.51 Å². The molecule has 1 aliphatic carbocycles. The lowest BCUT2D eigenvalue weighted by Gasteiger charge is -2.33. The Morgan fingerprint density at radius 3 is 2.46 bits per heavy atom. The van der Waals surface area contributed by atoms with Gasteiger partial charge in [0.05, 0.1) is 28.3 Å². The minimum absolute atomic E-state index is 0.0390. The first-order chi connectivity index (χ1) is 18.0. The molecule has 0 bridgehead atoms. The highest BCUT2D eigenvalue weighted by Crippen LogP contribution is 2.46. The summed E-state index contributed by atoms with van der Waals surface area (Å²) in [5.74, 6) is 0.0746. The van der Waals surface area contributed by atoms with Crippen LogP contribution in [0.3, 0.4) is 0 Å². The van der Waals surface area contributed by atoms with E-state index in [9.17, 15) is 9.18 Å². The molecular weight excluding hydrogens is 522 g/mol. The van der Waals surface area contributed by atoms with Crippen molar-refractivity contribution < 1.29 is 18.2 Å². The van der Waals surface area contributed by atoms with Crippen LogP contribution in [0.25, 0.3) is 22.6 Å². The van der Waals surface area contributed by atoms with Crippen LogP contribution in [0.15, 0.2) is 50.2 Å². The third kappa shape index (κ3) is 4.91. The third-order valence-corrected chi connectivity index (χ3v) is 7.51. The number of benzene rings is 2. The lowest BCUT2D eigenvalue weighted by molar-refractivity contribution is 0.0246. The fourth-order valence-corrected chi connectivity index (χ4v) is 5.35. The number of nitrogens with one attached hydrogen (secondary N) is 1. The molecule has 1 aliphatic heterocycles. The fourth-order valence-electron chi connectivity index (χ4n) is 4.77. The molecule has 192 valence electrons. The predicted molar refractivity (Wildman–Crippen MR) is 136 cm³/mol. The van der Waals surface area contributed by atoms with Gasteiger partial charge in [-0.25, -0.2) is 9.18 Å². The summed E-state index contributed by atoms with van der Waals surface area (Å²) in [7, 11) is 0. The Morgan fingerprint density at radius 1 is 1.05 bits per heavy atom. The summed E-state index contributed by atoms with van der Waals surface area (Å²) >= 11 is 12.9. The van der Waals surface area contributed by atoms with Gasteiger partial charge in [-0.2, -0.15) is 0 Å². The average molecular weight is 545 g/mol. The van der Waals surface area contributed by atoms with E-state index in [1.54, 1.807) is 24.3 Å². The van der Waals surface area contributed by atoms with E-state index < -0.39 is 11.6 Å². The second-order valence-electron chi connectivity index (χ2n) is 9.35. The van der Waals surface area contributed by atoms with Crippen molar-refractivity contribution in [2.75, 3.05) is 18.0 Å². The van der Waals surface area contributed by atoms with Gasteiger partial charge < -0.3 is 14.2 Å². The standard InChI is InChI=1S/C26H23Cl2FN4O4/c27-19-2-1-3-20(28)22(19)23-18(24(36-31-23)14-4-5-14)13-35-16-8-10-33(11-9-16)15-6-7-17(21(29)12-15)25-30-26(34)37-32-25/h1-3,6-7,12,14,16H,4-5,8-11,13H2,(H,30,32,34). The molecule has 2 aromatic carbocycles. The highest BCUT2D eigenvalue weighted by atomic mass is 35.5. The molecule has 0 amide bonds. The smallest absolute Gasteiger partial charge is 0.373 e. The van der Waals surface area contributed by atoms with E-state index in [0.717, 1.165) is 42.7 Å². The van der Waals surface area contributed by atoms with Crippen LogP contribution >= 0.6 is 23.2 Å². The topological polar surface area (TPSA) is 97.4 Å². The van der Waals surface area contributed by atoms with E-state index in [0.29, 0.717) is 46.9 Å². The molecule has 0 radical (unpaired) electrons. The van der Waals surface area contributed by atoms with Gasteiger partial charge in [-0.1, -0.05) is 39.6 Å². The molecular formula is C26H23Cl2FN4O4. The molecule has 2 aromatic heterocycles. The summed E-state index contributed by atoms with van der Waals surface area (Å²) in [4.78, 5) is 15.7. The molecule has 2 aliphatic rings. The Morgan fingerprint density at radius 2 is 1.81 bits per heavy atom. The summed E-state index contributed by atoms with van der Waals surface area (Å²) in [6.07, 6.45) is 3.74. The second-order valence-corrected chi connectivity index (χ2v) is 10.2. The number of halogens is 3. The predicted octanol–water partition coefficient (Wildman–Crippen LogP) is 6.19. The number of hydrogen-bond donors (Lipinski definition) is 1. The highest BCUT2D eigenvalue weighted by Gasteiger charge is 2.34. The Bertz CT molecular complexity index is 1470. The Labute approximate surface area is 221 Å². The van der Waals surface area contributed by atoms with Crippen molar-refractivity contribution in [1.29, 1.82) is 0 Å². The van der Waals surface area contributed by atoms with Crippen LogP contribution in [0.5, 0.6) is 0 Å². The molecule has 1 N–H and O–H groups in total. The van der Waals surface area contributed by atoms with Gasteiger partial charge in [-0.05, 0) is 56.0 Å². The summed E-state index contributed by atoms with van der Waals surface area (Å²) in [5, 5.41) is 8.92. The van der Waals surface area contributed by atoms with Crippen LogP contribution in [0, 0.1) is 5.82 Å². The quantitative estimate of drug-likeness (QED) is 0.296. The number of ether oxygens (including phenoxy) is 1. The minimum atomic E-state index is -0.724. The number of piperidine rings is 1. The van der Waals surface area contributed by atoms with Gasteiger partial charge in [0.25, 0.3) is 0 Å². The van der Waals surface area contributed by atoms with Gasteiger partial charge in [0, 0.05) is 35.8 Å². The van der Waals surface area contributed by atoms with Crippen LogP contribution in [0.2, 0.25) is 10.0 Å². The molecule has 1 saturated heterocycles. The van der Waals surface area contributed by atoms with Crippen molar-refractivity contribution in [1.82, 2.24) is 15.3 Å². The molecule has 0 spiro atoms. The van der Waals surface area contributed by atoms with Crippen LogP contribution < -0.4 is 10.7 Å². The Balaban J connectivity index is 1.12. The number of anilines is 1. The lowest BCUT2D eigenvalue weighted by Crippen LogP contribution is -2.37. The van der Waals surface area contributed by atoms with Crippen LogP contribution in [0.1, 0.15) is 42.9 Å². The molecule has 0 atom stereocenters. The van der Waals surface area contributed by atoms with Crippen molar-refractivity contribution in [3.8, 4) is 22.6 Å². The maximum atomic E-state index is 14.7. The second kappa shape index (κ2) is 9.96.